The van der Waals surface area contributed by atoms with Crippen molar-refractivity contribution >= 4 is 23.2 Å². The molecule has 6 nitrogen and oxygen atoms in total. The van der Waals surface area contributed by atoms with Crippen LogP contribution in [0.3, 0.4) is 0 Å². The van der Waals surface area contributed by atoms with E-state index in [2.05, 4.69) is 15.5 Å². The van der Waals surface area contributed by atoms with Gasteiger partial charge in [0.1, 0.15) is 18.9 Å². The SMILES string of the molecule is O=C(Cn1c(C(F)(F)F)nc2ccccc21)N/N=C/c1ccc(OCc2ccccc2)cc1. The standard InChI is InChI=1S/C24H19F3N4O2/c25-24(26,27)23-29-20-8-4-5-9-21(20)31(23)15-22(32)30-28-14-17-10-12-19(13-11-17)33-16-18-6-2-1-3-7-18/h1-14H,15-16H2,(H,30,32)/b28-14+. The molecular formula is C24H19F3N4O2. The van der Waals surface area contributed by atoms with Gasteiger partial charge in [0, 0.05) is 0 Å². The lowest BCUT2D eigenvalue weighted by atomic mass is 10.2. The van der Waals surface area contributed by atoms with Crippen molar-refractivity contribution in [2.24, 2.45) is 5.10 Å². The van der Waals surface area contributed by atoms with E-state index in [1.54, 1.807) is 36.4 Å². The van der Waals surface area contributed by atoms with E-state index in [1.807, 2.05) is 30.3 Å². The number of alkyl halides is 3. The van der Waals surface area contributed by atoms with Crippen LogP contribution in [0, 0.1) is 0 Å². The van der Waals surface area contributed by atoms with Crippen LogP contribution in [0.4, 0.5) is 13.2 Å². The number of hydrazone groups is 1. The Balaban J connectivity index is 1.36. The Kier molecular flexibility index (Phi) is 6.39. The minimum Gasteiger partial charge on any atom is -0.489 e. The highest BCUT2D eigenvalue weighted by molar-refractivity contribution is 5.84. The van der Waals surface area contributed by atoms with E-state index in [9.17, 15) is 18.0 Å². The summed E-state index contributed by atoms with van der Waals surface area (Å²) in [6.45, 7) is -0.133. The number of carbonyl (C=O) groups excluding carboxylic acids is 1. The molecule has 0 unspecified atom stereocenters. The van der Waals surface area contributed by atoms with Crippen LogP contribution >= 0.6 is 0 Å². The number of nitrogens with zero attached hydrogens (tertiary/aromatic N) is 3. The van der Waals surface area contributed by atoms with Crippen LogP contribution in [0.2, 0.25) is 0 Å². The zero-order valence-electron chi connectivity index (χ0n) is 17.3. The van der Waals surface area contributed by atoms with E-state index in [-0.39, 0.29) is 11.0 Å². The molecule has 9 heteroatoms. The van der Waals surface area contributed by atoms with Gasteiger partial charge in [-0.2, -0.15) is 18.3 Å². The number of rotatable bonds is 7. The van der Waals surface area contributed by atoms with Gasteiger partial charge in [-0.3, -0.25) is 4.79 Å². The molecular weight excluding hydrogens is 433 g/mol. The fraction of sp³-hybridized carbons (Fsp3) is 0.125. The molecule has 4 rings (SSSR count). The zero-order valence-corrected chi connectivity index (χ0v) is 17.3. The van der Waals surface area contributed by atoms with Gasteiger partial charge in [0.2, 0.25) is 5.82 Å². The number of hydrogen-bond donors (Lipinski definition) is 1. The van der Waals surface area contributed by atoms with E-state index >= 15 is 0 Å². The molecule has 1 aromatic heterocycles. The lowest BCUT2D eigenvalue weighted by molar-refractivity contribution is -0.147. The second-order valence-corrected chi connectivity index (χ2v) is 7.14. The quantitative estimate of drug-likeness (QED) is 0.324. The van der Waals surface area contributed by atoms with Gasteiger partial charge in [0.15, 0.2) is 0 Å². The van der Waals surface area contributed by atoms with Gasteiger partial charge in [-0.05, 0) is 47.5 Å². The van der Waals surface area contributed by atoms with Crippen molar-refractivity contribution < 1.29 is 22.7 Å². The molecule has 0 spiro atoms. The van der Waals surface area contributed by atoms with Crippen molar-refractivity contribution in [2.45, 2.75) is 19.3 Å². The number of carbonyl (C=O) groups is 1. The topological polar surface area (TPSA) is 68.5 Å². The average molecular weight is 452 g/mol. The highest BCUT2D eigenvalue weighted by Crippen LogP contribution is 2.31. The predicted octanol–water partition coefficient (Wildman–Crippen LogP) is 4.78. The first kappa shape index (κ1) is 22.1. The number of ether oxygens (including phenoxy) is 1. The van der Waals surface area contributed by atoms with Gasteiger partial charge >= 0.3 is 6.18 Å². The van der Waals surface area contributed by atoms with Crippen LogP contribution in [0.25, 0.3) is 11.0 Å². The maximum Gasteiger partial charge on any atom is 0.449 e. The summed E-state index contributed by atoms with van der Waals surface area (Å²) in [5.41, 5.74) is 4.37. The Morgan fingerprint density at radius 3 is 2.42 bits per heavy atom. The molecule has 0 bridgehead atoms. The highest BCUT2D eigenvalue weighted by Gasteiger charge is 2.37. The summed E-state index contributed by atoms with van der Waals surface area (Å²) in [7, 11) is 0. The van der Waals surface area contributed by atoms with Gasteiger partial charge in [-0.15, -0.1) is 0 Å². The molecule has 1 heterocycles. The monoisotopic (exact) mass is 452 g/mol. The lowest BCUT2D eigenvalue weighted by Gasteiger charge is -2.10. The minimum absolute atomic E-state index is 0.163. The molecule has 33 heavy (non-hydrogen) atoms. The largest absolute Gasteiger partial charge is 0.489 e. The number of aromatic nitrogens is 2. The highest BCUT2D eigenvalue weighted by atomic mass is 19.4. The summed E-state index contributed by atoms with van der Waals surface area (Å²) in [6.07, 6.45) is -3.29. The summed E-state index contributed by atoms with van der Waals surface area (Å²) in [5.74, 6) is -1.16. The van der Waals surface area contributed by atoms with Crippen LogP contribution in [-0.2, 0) is 24.1 Å². The first-order valence-electron chi connectivity index (χ1n) is 10.0. The fourth-order valence-corrected chi connectivity index (χ4v) is 3.20. The minimum atomic E-state index is -4.69. The normalized spacial score (nSPS) is 11.7. The average Bonchev–Trinajstić information content (AvgIpc) is 3.18. The molecule has 0 saturated heterocycles. The van der Waals surface area contributed by atoms with Crippen molar-refractivity contribution in [1.82, 2.24) is 15.0 Å². The lowest BCUT2D eigenvalue weighted by Crippen LogP contribution is -2.26. The number of benzene rings is 3. The van der Waals surface area contributed by atoms with E-state index < -0.39 is 24.5 Å². The molecule has 0 saturated carbocycles. The molecule has 1 amide bonds. The Bertz CT molecular complexity index is 1270. The number of imidazole rings is 1. The van der Waals surface area contributed by atoms with Crippen molar-refractivity contribution in [3.8, 4) is 5.75 Å². The van der Waals surface area contributed by atoms with Crippen LogP contribution in [-0.4, -0.2) is 21.7 Å². The van der Waals surface area contributed by atoms with E-state index in [0.717, 1.165) is 10.1 Å². The van der Waals surface area contributed by atoms with Gasteiger partial charge < -0.3 is 9.30 Å². The number of nitrogens with one attached hydrogen (secondary N) is 1. The maximum absolute atomic E-state index is 13.3. The molecule has 3 aromatic carbocycles. The first-order chi connectivity index (χ1) is 15.9. The molecule has 0 fully saturated rings. The predicted molar refractivity (Wildman–Crippen MR) is 118 cm³/mol. The van der Waals surface area contributed by atoms with Gasteiger partial charge in [-0.1, -0.05) is 42.5 Å². The third-order valence-corrected chi connectivity index (χ3v) is 4.74. The van der Waals surface area contributed by atoms with Crippen molar-refractivity contribution in [1.29, 1.82) is 0 Å². The molecule has 0 radical (unpaired) electrons. The van der Waals surface area contributed by atoms with E-state index in [1.165, 1.54) is 18.3 Å². The molecule has 0 atom stereocenters. The Morgan fingerprint density at radius 1 is 1.00 bits per heavy atom. The first-order valence-corrected chi connectivity index (χ1v) is 10.0. The fourth-order valence-electron chi connectivity index (χ4n) is 3.20. The zero-order chi connectivity index (χ0) is 23.3. The Labute approximate surface area is 187 Å². The molecule has 1 N–H and O–H groups in total. The summed E-state index contributed by atoms with van der Waals surface area (Å²) in [4.78, 5) is 15.9. The van der Waals surface area contributed by atoms with Gasteiger partial charge in [-0.25, -0.2) is 10.4 Å². The molecule has 4 aromatic rings. The molecule has 0 aliphatic rings. The summed E-state index contributed by atoms with van der Waals surface area (Å²) < 4.78 is 46.6. The third kappa shape index (κ3) is 5.57. The molecule has 168 valence electrons. The second kappa shape index (κ2) is 9.56. The van der Waals surface area contributed by atoms with Gasteiger partial charge in [0.25, 0.3) is 5.91 Å². The molecule has 0 aliphatic heterocycles. The smallest absolute Gasteiger partial charge is 0.449 e. The van der Waals surface area contributed by atoms with Crippen LogP contribution in [0.1, 0.15) is 17.0 Å². The number of hydrogen-bond acceptors (Lipinski definition) is 4. The van der Waals surface area contributed by atoms with Crippen LogP contribution in [0.5, 0.6) is 5.75 Å². The number of fused-ring (bicyclic) bond motifs is 1. The van der Waals surface area contributed by atoms with Crippen LogP contribution < -0.4 is 10.2 Å². The number of halogens is 3. The van der Waals surface area contributed by atoms with E-state index in [0.29, 0.717) is 17.9 Å². The summed E-state index contributed by atoms with van der Waals surface area (Å²) in [6, 6.07) is 22.9. The maximum atomic E-state index is 13.3. The van der Waals surface area contributed by atoms with E-state index in [4.69, 9.17) is 4.74 Å². The van der Waals surface area contributed by atoms with Crippen molar-refractivity contribution in [2.75, 3.05) is 0 Å². The van der Waals surface area contributed by atoms with Crippen molar-refractivity contribution in [3.63, 3.8) is 0 Å². The molecule has 0 aliphatic carbocycles. The van der Waals surface area contributed by atoms with Gasteiger partial charge in [0.05, 0.1) is 17.2 Å². The Hall–Kier alpha value is -4.14. The van der Waals surface area contributed by atoms with Crippen LogP contribution in [0.15, 0.2) is 84.0 Å². The second-order valence-electron chi connectivity index (χ2n) is 7.14. The number of para-hydroxylation sites is 2. The summed E-state index contributed by atoms with van der Waals surface area (Å²) >= 11 is 0. The van der Waals surface area contributed by atoms with Crippen molar-refractivity contribution in [3.05, 3.63) is 95.8 Å². The summed E-state index contributed by atoms with van der Waals surface area (Å²) in [5, 5.41) is 3.84. The third-order valence-electron chi connectivity index (χ3n) is 4.74. The number of amides is 1. The Morgan fingerprint density at radius 2 is 1.70 bits per heavy atom.